The molecule has 2 amide bonds. The fraction of sp³-hybridized carbons (Fsp3) is 0.579. The number of aromatic nitrogens is 1. The molecule has 2 atom stereocenters. The Labute approximate surface area is 154 Å². The van der Waals surface area contributed by atoms with Gasteiger partial charge in [-0.05, 0) is 39.3 Å². The van der Waals surface area contributed by atoms with E-state index in [9.17, 15) is 14.9 Å². The topological polar surface area (TPSA) is 89.3 Å². The number of pyridine rings is 1. The van der Waals surface area contributed by atoms with Crippen molar-refractivity contribution in [2.24, 2.45) is 5.92 Å². The molecule has 2 aliphatic rings. The molecule has 2 saturated heterocycles. The second-order valence-corrected chi connectivity index (χ2v) is 7.53. The average molecular weight is 355 g/mol. The van der Waals surface area contributed by atoms with Gasteiger partial charge >= 0.3 is 0 Å². The van der Waals surface area contributed by atoms with E-state index in [0.717, 1.165) is 13.0 Å². The van der Waals surface area contributed by atoms with E-state index in [1.807, 2.05) is 25.7 Å². The Hall–Kier alpha value is -2.62. The first-order valence-corrected chi connectivity index (χ1v) is 9.09. The molecule has 2 unspecified atom stereocenters. The Bertz CT molecular complexity index is 755. The lowest BCUT2D eigenvalue weighted by atomic mass is 9.87. The van der Waals surface area contributed by atoms with Crippen molar-refractivity contribution in [1.82, 2.24) is 15.2 Å². The summed E-state index contributed by atoms with van der Waals surface area (Å²) in [5.41, 5.74) is 0.0312. The van der Waals surface area contributed by atoms with E-state index in [1.165, 1.54) is 0 Å². The van der Waals surface area contributed by atoms with Gasteiger partial charge in [-0.25, -0.2) is 4.98 Å². The minimum Gasteiger partial charge on any atom is -0.353 e. The molecule has 3 rings (SSSR count). The highest BCUT2D eigenvalue weighted by molar-refractivity contribution is 5.91. The van der Waals surface area contributed by atoms with Crippen LogP contribution in [0, 0.1) is 17.2 Å². The molecule has 0 aromatic carbocycles. The Balaban J connectivity index is 1.75. The van der Waals surface area contributed by atoms with Crippen molar-refractivity contribution in [1.29, 1.82) is 5.26 Å². The highest BCUT2D eigenvalue weighted by atomic mass is 16.2. The maximum absolute atomic E-state index is 13.1. The second-order valence-electron chi connectivity index (χ2n) is 7.53. The van der Waals surface area contributed by atoms with E-state index >= 15 is 0 Å². The average Bonchev–Trinajstić information content (AvgIpc) is 3.19. The van der Waals surface area contributed by atoms with Gasteiger partial charge in [0, 0.05) is 37.8 Å². The van der Waals surface area contributed by atoms with Crippen molar-refractivity contribution in [3.8, 4) is 6.07 Å². The number of anilines is 1. The largest absolute Gasteiger partial charge is 0.353 e. The van der Waals surface area contributed by atoms with Gasteiger partial charge in [0.1, 0.15) is 11.9 Å². The Morgan fingerprint density at radius 3 is 2.92 bits per heavy atom. The van der Waals surface area contributed by atoms with Gasteiger partial charge in [0.15, 0.2) is 0 Å². The van der Waals surface area contributed by atoms with Crippen molar-refractivity contribution >= 4 is 17.6 Å². The van der Waals surface area contributed by atoms with E-state index in [4.69, 9.17) is 0 Å². The lowest BCUT2D eigenvalue weighted by molar-refractivity contribution is -0.139. The van der Waals surface area contributed by atoms with Crippen LogP contribution in [0.25, 0.3) is 0 Å². The van der Waals surface area contributed by atoms with Crippen molar-refractivity contribution in [3.05, 3.63) is 23.9 Å². The van der Waals surface area contributed by atoms with Gasteiger partial charge in [-0.2, -0.15) is 5.26 Å². The predicted octanol–water partition coefficient (Wildman–Crippen LogP) is 1.30. The molecule has 0 aliphatic carbocycles. The zero-order valence-electron chi connectivity index (χ0n) is 15.5. The number of nitrogens with zero attached hydrogens (tertiary/aromatic N) is 4. The van der Waals surface area contributed by atoms with Crippen molar-refractivity contribution in [2.45, 2.75) is 45.2 Å². The van der Waals surface area contributed by atoms with E-state index in [1.54, 1.807) is 18.3 Å². The van der Waals surface area contributed by atoms with Crippen LogP contribution >= 0.6 is 0 Å². The monoisotopic (exact) mass is 355 g/mol. The molecule has 1 N–H and O–H groups in total. The van der Waals surface area contributed by atoms with Crippen LogP contribution in [0.4, 0.5) is 5.82 Å². The van der Waals surface area contributed by atoms with Gasteiger partial charge in [-0.1, -0.05) is 0 Å². The molecule has 7 heteroatoms. The molecule has 0 saturated carbocycles. The first kappa shape index (κ1) is 18.2. The molecule has 1 aromatic heterocycles. The number of carbonyl (C=O) groups excluding carboxylic acids is 2. The van der Waals surface area contributed by atoms with E-state index in [0.29, 0.717) is 24.5 Å². The van der Waals surface area contributed by atoms with Crippen molar-refractivity contribution in [3.63, 3.8) is 0 Å². The summed E-state index contributed by atoms with van der Waals surface area (Å²) in [4.78, 5) is 33.2. The third-order valence-electron chi connectivity index (χ3n) is 5.45. The smallest absolute Gasteiger partial charge is 0.228 e. The number of carbonyl (C=O) groups is 2. The van der Waals surface area contributed by atoms with E-state index < -0.39 is 5.54 Å². The summed E-state index contributed by atoms with van der Waals surface area (Å²) in [5, 5.41) is 12.2. The van der Waals surface area contributed by atoms with Crippen LogP contribution < -0.4 is 10.2 Å². The summed E-state index contributed by atoms with van der Waals surface area (Å²) in [6.45, 7) is 7.79. The minimum atomic E-state index is -0.519. The number of hydrogen-bond donors (Lipinski definition) is 1. The lowest BCUT2D eigenvalue weighted by Gasteiger charge is -2.34. The summed E-state index contributed by atoms with van der Waals surface area (Å²) in [7, 11) is 0. The van der Waals surface area contributed by atoms with E-state index in [-0.39, 0.29) is 30.2 Å². The minimum absolute atomic E-state index is 0.0317. The first-order chi connectivity index (χ1) is 12.4. The highest BCUT2D eigenvalue weighted by Crippen LogP contribution is 2.31. The van der Waals surface area contributed by atoms with Crippen LogP contribution in [0.2, 0.25) is 0 Å². The third-order valence-corrected chi connectivity index (χ3v) is 5.45. The molecular weight excluding hydrogens is 330 g/mol. The molecule has 7 nitrogen and oxygen atoms in total. The third kappa shape index (κ3) is 3.24. The van der Waals surface area contributed by atoms with Gasteiger partial charge < -0.3 is 15.1 Å². The number of nitrogens with one attached hydrogen (secondary N) is 1. The summed E-state index contributed by atoms with van der Waals surface area (Å²) in [5.74, 6) is 0.307. The maximum atomic E-state index is 13.1. The Morgan fingerprint density at radius 2 is 2.31 bits per heavy atom. The molecule has 2 fully saturated rings. The van der Waals surface area contributed by atoms with Crippen LogP contribution in [-0.2, 0) is 9.59 Å². The molecule has 0 bridgehead atoms. The summed E-state index contributed by atoms with van der Waals surface area (Å²) in [6, 6.07) is 5.76. The molecule has 138 valence electrons. The van der Waals surface area contributed by atoms with Gasteiger partial charge in [0.25, 0.3) is 0 Å². The molecule has 2 aliphatic heterocycles. The maximum Gasteiger partial charge on any atom is 0.228 e. The Morgan fingerprint density at radius 1 is 1.54 bits per heavy atom. The molecule has 26 heavy (non-hydrogen) atoms. The summed E-state index contributed by atoms with van der Waals surface area (Å²) < 4.78 is 0. The number of hydrogen-bond acceptors (Lipinski definition) is 5. The number of nitriles is 1. The zero-order valence-corrected chi connectivity index (χ0v) is 15.5. The zero-order chi connectivity index (χ0) is 18.9. The van der Waals surface area contributed by atoms with Crippen LogP contribution in [0.5, 0.6) is 0 Å². The van der Waals surface area contributed by atoms with Crippen molar-refractivity contribution in [2.75, 3.05) is 24.5 Å². The molecule has 0 radical (unpaired) electrons. The number of likely N-dealkylation sites (N-methyl/N-ethyl adjacent to an activating group) is 1. The standard InChI is InChI=1S/C19H25N5O2/c1-4-24(18(26)15-10-16(25)22-19(15,2)3)14-7-9-23(12-14)17-13(11-20)6-5-8-21-17/h5-6,8,14-15H,4,7,9-10,12H2,1-3H3,(H,22,25). The number of rotatable bonds is 4. The van der Waals surface area contributed by atoms with Gasteiger partial charge in [0.05, 0.1) is 17.5 Å². The molecular formula is C19H25N5O2. The molecule has 1 aromatic rings. The SMILES string of the molecule is CCN(C(=O)C1CC(=O)NC1(C)C)C1CCN(c2ncccc2C#N)C1. The van der Waals surface area contributed by atoms with Gasteiger partial charge in [-0.3, -0.25) is 9.59 Å². The Kier molecular flexibility index (Phi) is 4.86. The highest BCUT2D eigenvalue weighted by Gasteiger charge is 2.46. The van der Waals surface area contributed by atoms with Crippen LogP contribution in [-0.4, -0.2) is 52.9 Å². The predicted molar refractivity (Wildman–Crippen MR) is 97.3 cm³/mol. The number of amides is 2. The lowest BCUT2D eigenvalue weighted by Crippen LogP contribution is -2.51. The van der Waals surface area contributed by atoms with Crippen LogP contribution in [0.1, 0.15) is 39.2 Å². The fourth-order valence-electron chi connectivity index (χ4n) is 4.05. The summed E-state index contributed by atoms with van der Waals surface area (Å²) in [6.07, 6.45) is 2.76. The summed E-state index contributed by atoms with van der Waals surface area (Å²) >= 11 is 0. The van der Waals surface area contributed by atoms with E-state index in [2.05, 4.69) is 21.3 Å². The quantitative estimate of drug-likeness (QED) is 0.879. The first-order valence-electron chi connectivity index (χ1n) is 9.09. The molecule has 0 spiro atoms. The van der Waals surface area contributed by atoms with Crippen LogP contribution in [0.15, 0.2) is 18.3 Å². The van der Waals surface area contributed by atoms with Crippen LogP contribution in [0.3, 0.4) is 0 Å². The van der Waals surface area contributed by atoms with Gasteiger partial charge in [-0.15, -0.1) is 0 Å². The second kappa shape index (κ2) is 6.94. The van der Waals surface area contributed by atoms with Crippen molar-refractivity contribution < 1.29 is 9.59 Å². The van der Waals surface area contributed by atoms with Gasteiger partial charge in [0.2, 0.25) is 11.8 Å². The normalized spacial score (nSPS) is 24.2. The molecule has 3 heterocycles. The fourth-order valence-corrected chi connectivity index (χ4v) is 4.05.